The number of carbonyl (C=O) groups excluding carboxylic acids is 1. The maximum absolute atomic E-state index is 13.0. The Bertz CT molecular complexity index is 753. The molecule has 126 valence electrons. The predicted octanol–water partition coefficient (Wildman–Crippen LogP) is 3.49. The molecule has 0 bridgehead atoms. The van der Waals surface area contributed by atoms with Crippen LogP contribution in [0.15, 0.2) is 40.8 Å². The summed E-state index contributed by atoms with van der Waals surface area (Å²) in [6.45, 7) is 2.12. The van der Waals surface area contributed by atoms with Gasteiger partial charge in [-0.15, -0.1) is 0 Å². The van der Waals surface area contributed by atoms with E-state index in [2.05, 4.69) is 12.2 Å². The molecule has 3 rings (SSSR count). The van der Waals surface area contributed by atoms with E-state index in [0.29, 0.717) is 17.4 Å². The minimum absolute atomic E-state index is 0.154. The van der Waals surface area contributed by atoms with Gasteiger partial charge in [0, 0.05) is 5.92 Å². The number of halogens is 1. The molecule has 0 aliphatic heterocycles. The summed E-state index contributed by atoms with van der Waals surface area (Å²) in [4.78, 5) is 23.4. The van der Waals surface area contributed by atoms with Crippen LogP contribution >= 0.6 is 0 Å². The molecule has 1 amide bonds. The van der Waals surface area contributed by atoms with E-state index >= 15 is 0 Å². The summed E-state index contributed by atoms with van der Waals surface area (Å²) in [5.41, 5.74) is 0.523. The van der Waals surface area contributed by atoms with Gasteiger partial charge in [-0.3, -0.25) is 9.59 Å². The number of nitrogens with one attached hydrogen (secondary N) is 1. The second-order valence-corrected chi connectivity index (χ2v) is 6.20. The van der Waals surface area contributed by atoms with Crippen molar-refractivity contribution in [2.75, 3.05) is 0 Å². The van der Waals surface area contributed by atoms with E-state index in [-0.39, 0.29) is 12.2 Å². The largest absolute Gasteiger partial charge is 0.481 e. The Kier molecular flexibility index (Phi) is 4.38. The lowest BCUT2D eigenvalue weighted by molar-refractivity contribution is -0.137. The molecule has 1 saturated carbocycles. The fourth-order valence-corrected chi connectivity index (χ4v) is 2.74. The fourth-order valence-electron chi connectivity index (χ4n) is 2.74. The molecule has 1 heterocycles. The van der Waals surface area contributed by atoms with Gasteiger partial charge in [0.05, 0.1) is 12.5 Å². The summed E-state index contributed by atoms with van der Waals surface area (Å²) in [5.74, 6) is -0.106. The van der Waals surface area contributed by atoms with Crippen LogP contribution in [0.25, 0.3) is 0 Å². The first-order valence-electron chi connectivity index (χ1n) is 7.82. The zero-order valence-corrected chi connectivity index (χ0v) is 13.2. The second kappa shape index (κ2) is 6.47. The van der Waals surface area contributed by atoms with Crippen molar-refractivity contribution in [3.63, 3.8) is 0 Å². The molecule has 1 aromatic carbocycles. The summed E-state index contributed by atoms with van der Waals surface area (Å²) >= 11 is 0. The van der Waals surface area contributed by atoms with Crippen molar-refractivity contribution < 1.29 is 23.5 Å². The van der Waals surface area contributed by atoms with Crippen molar-refractivity contribution in [2.24, 2.45) is 5.92 Å². The van der Waals surface area contributed by atoms with Crippen molar-refractivity contribution in [1.29, 1.82) is 0 Å². The Hall–Kier alpha value is -2.63. The first kappa shape index (κ1) is 16.2. The summed E-state index contributed by atoms with van der Waals surface area (Å²) in [7, 11) is 0. The zero-order chi connectivity index (χ0) is 17.3. The number of hydrogen-bond acceptors (Lipinski definition) is 3. The number of benzene rings is 1. The average molecular weight is 331 g/mol. The molecule has 1 aromatic heterocycles. The number of carbonyl (C=O) groups is 2. The molecule has 3 atom stereocenters. The van der Waals surface area contributed by atoms with E-state index in [1.54, 1.807) is 12.1 Å². The number of furan rings is 1. The molecule has 5 nitrogen and oxygen atoms in total. The number of rotatable bonds is 6. The third kappa shape index (κ3) is 3.64. The minimum atomic E-state index is -1.06. The average Bonchev–Trinajstić information content (AvgIpc) is 3.07. The zero-order valence-electron chi connectivity index (χ0n) is 13.2. The Labute approximate surface area is 138 Å². The highest BCUT2D eigenvalue weighted by Gasteiger charge is 2.37. The number of aliphatic carboxylic acids is 1. The quantitative estimate of drug-likeness (QED) is 0.849. The Morgan fingerprint density at radius 3 is 2.54 bits per heavy atom. The molecule has 0 saturated heterocycles. The molecule has 3 unspecified atom stereocenters. The van der Waals surface area contributed by atoms with Gasteiger partial charge in [-0.05, 0) is 42.2 Å². The predicted molar refractivity (Wildman–Crippen MR) is 84.1 cm³/mol. The highest BCUT2D eigenvalue weighted by Crippen LogP contribution is 2.47. The third-order valence-corrected chi connectivity index (χ3v) is 4.28. The number of amides is 1. The van der Waals surface area contributed by atoms with Crippen molar-refractivity contribution in [2.45, 2.75) is 31.7 Å². The van der Waals surface area contributed by atoms with Crippen molar-refractivity contribution in [1.82, 2.24) is 5.32 Å². The van der Waals surface area contributed by atoms with Gasteiger partial charge in [-0.25, -0.2) is 4.39 Å². The van der Waals surface area contributed by atoms with Gasteiger partial charge < -0.3 is 14.8 Å². The molecule has 1 aliphatic rings. The van der Waals surface area contributed by atoms with Crippen LogP contribution in [0.3, 0.4) is 0 Å². The van der Waals surface area contributed by atoms with Gasteiger partial charge in [0.15, 0.2) is 5.76 Å². The standard InChI is InChI=1S/C18H18FNO4/c1-10-8-13(10)15-6-7-16(24-15)18(23)20-14(9-17(21)22)11-2-4-12(19)5-3-11/h2-7,10,13-14H,8-9H2,1H3,(H,20,23)(H,21,22). The molecule has 6 heteroatoms. The number of hydrogen-bond donors (Lipinski definition) is 2. The highest BCUT2D eigenvalue weighted by atomic mass is 19.1. The van der Waals surface area contributed by atoms with Crippen molar-refractivity contribution >= 4 is 11.9 Å². The third-order valence-electron chi connectivity index (χ3n) is 4.28. The van der Waals surface area contributed by atoms with E-state index < -0.39 is 23.7 Å². The van der Waals surface area contributed by atoms with Crippen LogP contribution in [0.2, 0.25) is 0 Å². The lowest BCUT2D eigenvalue weighted by Crippen LogP contribution is -2.30. The van der Waals surface area contributed by atoms with Gasteiger partial charge in [-0.2, -0.15) is 0 Å². The van der Waals surface area contributed by atoms with Crippen LogP contribution in [0.5, 0.6) is 0 Å². The topological polar surface area (TPSA) is 79.5 Å². The first-order chi connectivity index (χ1) is 11.4. The summed E-state index contributed by atoms with van der Waals surface area (Å²) < 4.78 is 18.6. The Morgan fingerprint density at radius 1 is 1.29 bits per heavy atom. The maximum atomic E-state index is 13.0. The van der Waals surface area contributed by atoms with E-state index in [1.807, 2.05) is 0 Å². The maximum Gasteiger partial charge on any atom is 0.305 e. The molecule has 1 fully saturated rings. The Balaban J connectivity index is 1.73. The highest BCUT2D eigenvalue weighted by molar-refractivity contribution is 5.92. The summed E-state index contributed by atoms with van der Waals surface area (Å²) in [6, 6.07) is 8.01. The SMILES string of the molecule is CC1CC1c1ccc(C(=O)NC(CC(=O)O)c2ccc(F)cc2)o1. The minimum Gasteiger partial charge on any atom is -0.481 e. The fraction of sp³-hybridized carbons (Fsp3) is 0.333. The van der Waals surface area contributed by atoms with Gasteiger partial charge in [-0.1, -0.05) is 19.1 Å². The second-order valence-electron chi connectivity index (χ2n) is 6.20. The molecule has 24 heavy (non-hydrogen) atoms. The lowest BCUT2D eigenvalue weighted by atomic mass is 10.0. The van der Waals surface area contributed by atoms with Gasteiger partial charge in [0.25, 0.3) is 5.91 Å². The molecule has 0 radical (unpaired) electrons. The summed E-state index contributed by atoms with van der Waals surface area (Å²) in [5, 5.41) is 11.7. The van der Waals surface area contributed by atoms with Crippen LogP contribution in [0, 0.1) is 11.7 Å². The normalized spacial score (nSPS) is 20.4. The lowest BCUT2D eigenvalue weighted by Gasteiger charge is -2.16. The van der Waals surface area contributed by atoms with Gasteiger partial charge >= 0.3 is 5.97 Å². The number of carboxylic acid groups (broad SMARTS) is 1. The van der Waals surface area contributed by atoms with Crippen LogP contribution < -0.4 is 5.32 Å². The van der Waals surface area contributed by atoms with Crippen molar-refractivity contribution in [3.05, 3.63) is 59.3 Å². The van der Waals surface area contributed by atoms with Gasteiger partial charge in [0.1, 0.15) is 11.6 Å². The summed E-state index contributed by atoms with van der Waals surface area (Å²) in [6.07, 6.45) is 0.746. The van der Waals surface area contributed by atoms with E-state index in [1.165, 1.54) is 24.3 Å². The van der Waals surface area contributed by atoms with Crippen LogP contribution in [-0.4, -0.2) is 17.0 Å². The molecule has 2 N–H and O–H groups in total. The molecule has 0 spiro atoms. The van der Waals surface area contributed by atoms with E-state index in [0.717, 1.165) is 12.2 Å². The Morgan fingerprint density at radius 2 is 1.96 bits per heavy atom. The molecule has 2 aromatic rings. The molecular weight excluding hydrogens is 313 g/mol. The smallest absolute Gasteiger partial charge is 0.305 e. The molecule has 1 aliphatic carbocycles. The first-order valence-corrected chi connectivity index (χ1v) is 7.82. The van der Waals surface area contributed by atoms with Gasteiger partial charge in [0.2, 0.25) is 0 Å². The van der Waals surface area contributed by atoms with E-state index in [4.69, 9.17) is 9.52 Å². The van der Waals surface area contributed by atoms with Crippen LogP contribution in [-0.2, 0) is 4.79 Å². The van der Waals surface area contributed by atoms with E-state index in [9.17, 15) is 14.0 Å². The molecular formula is C18H18FNO4. The van der Waals surface area contributed by atoms with Crippen molar-refractivity contribution in [3.8, 4) is 0 Å². The number of carboxylic acids is 1. The van der Waals surface area contributed by atoms with Crippen LogP contribution in [0.4, 0.5) is 4.39 Å². The monoisotopic (exact) mass is 331 g/mol. The van der Waals surface area contributed by atoms with Crippen LogP contribution in [0.1, 0.15) is 53.6 Å².